The van der Waals surface area contributed by atoms with Crippen LogP contribution in [-0.2, 0) is 0 Å². The predicted octanol–water partition coefficient (Wildman–Crippen LogP) is 2.42. The molecule has 0 radical (unpaired) electrons. The maximum Gasteiger partial charge on any atom is 0.221 e. The van der Waals surface area contributed by atoms with Crippen molar-refractivity contribution in [2.45, 2.75) is 64.5 Å². The molecule has 5 rings (SSSR count). The van der Waals surface area contributed by atoms with Gasteiger partial charge in [0.2, 0.25) is 5.96 Å². The quantitative estimate of drug-likeness (QED) is 0.799. The first kappa shape index (κ1) is 17.9. The average molecular weight is 382 g/mol. The van der Waals surface area contributed by atoms with Crippen LogP contribution >= 0.6 is 0 Å². The average Bonchev–Trinajstić information content (AvgIpc) is 3.40. The minimum Gasteiger partial charge on any atom is -0.344 e. The summed E-state index contributed by atoms with van der Waals surface area (Å²) in [5.74, 6) is 2.40. The highest BCUT2D eigenvalue weighted by atomic mass is 15.5. The summed E-state index contributed by atoms with van der Waals surface area (Å²) < 4.78 is 0. The molecule has 1 aliphatic carbocycles. The fraction of sp³-hybridized carbons (Fsp3) is 0.714. The highest BCUT2D eigenvalue weighted by Gasteiger charge is 2.38. The molecule has 4 aliphatic heterocycles. The van der Waals surface area contributed by atoms with Crippen molar-refractivity contribution >= 4 is 23.2 Å². The van der Waals surface area contributed by atoms with Gasteiger partial charge in [-0.3, -0.25) is 15.0 Å². The number of amidine groups is 1. The third kappa shape index (κ3) is 3.05. The summed E-state index contributed by atoms with van der Waals surface area (Å²) in [5.41, 5.74) is 5.27. The minimum absolute atomic E-state index is 0.286. The van der Waals surface area contributed by atoms with Gasteiger partial charge in [0.1, 0.15) is 5.84 Å². The molecule has 28 heavy (non-hydrogen) atoms. The molecule has 0 aromatic carbocycles. The summed E-state index contributed by atoms with van der Waals surface area (Å²) >= 11 is 0. The third-order valence-corrected chi connectivity index (χ3v) is 6.75. The summed E-state index contributed by atoms with van der Waals surface area (Å²) in [5, 5.41) is 10.3. The molecule has 1 saturated heterocycles. The third-order valence-electron chi connectivity index (χ3n) is 6.75. The number of nitrogens with one attached hydrogen (secondary N) is 1. The van der Waals surface area contributed by atoms with Crippen LogP contribution in [0.3, 0.4) is 0 Å². The largest absolute Gasteiger partial charge is 0.344 e. The van der Waals surface area contributed by atoms with E-state index in [0.29, 0.717) is 12.0 Å². The summed E-state index contributed by atoms with van der Waals surface area (Å²) in [6, 6.07) is 0.639. The lowest BCUT2D eigenvalue weighted by Crippen LogP contribution is -2.45. The number of allylic oxidation sites excluding steroid dienone is 1. The Kier molecular flexibility index (Phi) is 4.48. The van der Waals surface area contributed by atoms with Crippen LogP contribution in [0.5, 0.6) is 0 Å². The number of guanidine groups is 1. The molecular weight excluding hydrogens is 350 g/mol. The Morgan fingerprint density at radius 2 is 2.00 bits per heavy atom. The molecule has 0 bridgehead atoms. The number of likely N-dealkylation sites (tertiary alicyclic amines) is 1. The molecular formula is C21H31N7. The first-order valence-corrected chi connectivity index (χ1v) is 10.8. The Morgan fingerprint density at radius 3 is 2.79 bits per heavy atom. The van der Waals surface area contributed by atoms with Gasteiger partial charge in [-0.2, -0.15) is 5.10 Å². The van der Waals surface area contributed by atoms with Crippen molar-refractivity contribution in [2.24, 2.45) is 26.0 Å². The number of nitrogens with zero attached hydrogens (tertiary/aromatic N) is 6. The second-order valence-corrected chi connectivity index (χ2v) is 8.76. The van der Waals surface area contributed by atoms with E-state index in [9.17, 15) is 0 Å². The van der Waals surface area contributed by atoms with Crippen molar-refractivity contribution in [1.82, 2.24) is 15.2 Å². The molecule has 7 nitrogen and oxygen atoms in total. The summed E-state index contributed by atoms with van der Waals surface area (Å²) in [6.45, 7) is 7.16. The van der Waals surface area contributed by atoms with Gasteiger partial charge >= 0.3 is 0 Å². The molecule has 1 fully saturated rings. The summed E-state index contributed by atoms with van der Waals surface area (Å²) in [7, 11) is 2.04. The van der Waals surface area contributed by atoms with Crippen LogP contribution in [0.15, 0.2) is 31.3 Å². The van der Waals surface area contributed by atoms with Gasteiger partial charge in [0.15, 0.2) is 0 Å². The van der Waals surface area contributed by atoms with Crippen LogP contribution in [0, 0.1) is 5.92 Å². The van der Waals surface area contributed by atoms with Crippen molar-refractivity contribution < 1.29 is 0 Å². The predicted molar refractivity (Wildman–Crippen MR) is 114 cm³/mol. The van der Waals surface area contributed by atoms with Gasteiger partial charge in [-0.1, -0.05) is 5.57 Å². The summed E-state index contributed by atoms with van der Waals surface area (Å²) in [4.78, 5) is 17.3. The molecule has 0 amide bonds. The van der Waals surface area contributed by atoms with E-state index in [1.807, 2.05) is 12.1 Å². The fourth-order valence-corrected chi connectivity index (χ4v) is 5.26. The molecule has 3 atom stereocenters. The van der Waals surface area contributed by atoms with Crippen LogP contribution < -0.4 is 5.32 Å². The van der Waals surface area contributed by atoms with E-state index >= 15 is 0 Å². The van der Waals surface area contributed by atoms with Gasteiger partial charge in [0, 0.05) is 50.2 Å². The maximum atomic E-state index is 5.08. The highest BCUT2D eigenvalue weighted by Crippen LogP contribution is 2.31. The Bertz CT molecular complexity index is 819. The van der Waals surface area contributed by atoms with Crippen LogP contribution in [-0.4, -0.2) is 71.9 Å². The standard InChI is InChI=1S/C21H31N7/c1-13-6-4-7-17-19(13)25-20(23-17)18-8-5-11-28(18)21-22-10-9-16(24-21)15-12-27(3)26-14(15)2/h15,17-18H,4-12H2,1-3H3,(H,23,25). The zero-order valence-electron chi connectivity index (χ0n) is 17.3. The van der Waals surface area contributed by atoms with Crippen molar-refractivity contribution in [1.29, 1.82) is 0 Å². The highest BCUT2D eigenvalue weighted by molar-refractivity contribution is 6.12. The monoisotopic (exact) mass is 381 g/mol. The number of rotatable bonds is 2. The molecule has 5 aliphatic rings. The van der Waals surface area contributed by atoms with E-state index in [4.69, 9.17) is 15.0 Å². The first-order valence-electron chi connectivity index (χ1n) is 10.8. The van der Waals surface area contributed by atoms with E-state index < -0.39 is 0 Å². The molecule has 1 N–H and O–H groups in total. The Labute approximate surface area is 167 Å². The fourth-order valence-electron chi connectivity index (χ4n) is 5.26. The maximum absolute atomic E-state index is 5.08. The Balaban J connectivity index is 1.37. The lowest BCUT2D eigenvalue weighted by Gasteiger charge is -2.29. The van der Waals surface area contributed by atoms with E-state index in [0.717, 1.165) is 44.3 Å². The smallest absolute Gasteiger partial charge is 0.221 e. The van der Waals surface area contributed by atoms with Crippen molar-refractivity contribution in [3.8, 4) is 0 Å². The minimum atomic E-state index is 0.286. The molecule has 150 valence electrons. The van der Waals surface area contributed by atoms with Crippen molar-refractivity contribution in [2.75, 3.05) is 26.7 Å². The van der Waals surface area contributed by atoms with Gasteiger partial charge in [-0.05, 0) is 46.0 Å². The van der Waals surface area contributed by atoms with E-state index in [-0.39, 0.29) is 6.04 Å². The number of hydrogen-bond acceptors (Lipinski definition) is 7. The number of aliphatic imine (C=N–C) groups is 3. The first-order chi connectivity index (χ1) is 13.6. The topological polar surface area (TPSA) is 68.0 Å². The molecule has 4 heterocycles. The molecule has 7 heteroatoms. The molecule has 3 unspecified atom stereocenters. The van der Waals surface area contributed by atoms with Gasteiger partial charge in [-0.15, -0.1) is 0 Å². The summed E-state index contributed by atoms with van der Waals surface area (Å²) in [6.07, 6.45) is 6.87. The zero-order chi connectivity index (χ0) is 19.3. The van der Waals surface area contributed by atoms with Crippen LogP contribution in [0.2, 0.25) is 0 Å². The van der Waals surface area contributed by atoms with Gasteiger partial charge < -0.3 is 10.2 Å². The second kappa shape index (κ2) is 7.01. The Hall–Kier alpha value is -2.18. The molecule has 0 aromatic heterocycles. The zero-order valence-corrected chi connectivity index (χ0v) is 17.3. The van der Waals surface area contributed by atoms with Crippen molar-refractivity contribution in [3.05, 3.63) is 11.3 Å². The number of hydrazone groups is 1. The van der Waals surface area contributed by atoms with E-state index in [1.165, 1.54) is 48.4 Å². The number of fused-ring (bicyclic) bond motifs is 1. The van der Waals surface area contributed by atoms with Crippen LogP contribution in [0.25, 0.3) is 0 Å². The van der Waals surface area contributed by atoms with Crippen LogP contribution in [0.4, 0.5) is 0 Å². The van der Waals surface area contributed by atoms with Crippen molar-refractivity contribution in [3.63, 3.8) is 0 Å². The van der Waals surface area contributed by atoms with E-state index in [1.54, 1.807) is 0 Å². The van der Waals surface area contributed by atoms with Gasteiger partial charge in [-0.25, -0.2) is 4.99 Å². The molecule has 0 aromatic rings. The molecule has 0 spiro atoms. The molecule has 0 saturated carbocycles. The normalized spacial score (nSPS) is 32.8. The Morgan fingerprint density at radius 1 is 1.11 bits per heavy atom. The lowest BCUT2D eigenvalue weighted by molar-refractivity contribution is 0.379. The SMILES string of the molecule is CC1=NN(C)CC1C1=NC(N2CCCC2C2=NC3CCCC(C)=C3N2)=NCC1. The number of hydrogen-bond donors (Lipinski definition) is 1. The van der Waals surface area contributed by atoms with E-state index in [2.05, 4.69) is 29.2 Å². The van der Waals surface area contributed by atoms with Gasteiger partial charge in [0.25, 0.3) is 0 Å². The second-order valence-electron chi connectivity index (χ2n) is 8.76. The van der Waals surface area contributed by atoms with Gasteiger partial charge in [0.05, 0.1) is 18.0 Å². The lowest BCUT2D eigenvalue weighted by atomic mass is 9.94. The van der Waals surface area contributed by atoms with Crippen LogP contribution in [0.1, 0.15) is 52.4 Å².